The van der Waals surface area contributed by atoms with Crippen molar-refractivity contribution in [2.45, 2.75) is 18.5 Å². The highest BCUT2D eigenvalue weighted by Gasteiger charge is 2.12. The Labute approximate surface area is 125 Å². The molecule has 3 nitrogen and oxygen atoms in total. The lowest BCUT2D eigenvalue weighted by Crippen LogP contribution is -2.08. The molecular formula is C15H14N2OS2. The SMILES string of the molecule is CCCSc1nc2scc(-c3ccccc3)c2c(=O)[nH]1. The maximum Gasteiger partial charge on any atom is 0.260 e. The van der Waals surface area contributed by atoms with E-state index in [1.165, 1.54) is 11.3 Å². The molecule has 3 rings (SSSR count). The zero-order valence-electron chi connectivity index (χ0n) is 11.1. The van der Waals surface area contributed by atoms with E-state index in [1.807, 2.05) is 35.7 Å². The molecule has 1 aromatic carbocycles. The molecule has 0 atom stereocenters. The van der Waals surface area contributed by atoms with Crippen LogP contribution in [0.3, 0.4) is 0 Å². The molecule has 20 heavy (non-hydrogen) atoms. The molecule has 0 radical (unpaired) electrons. The van der Waals surface area contributed by atoms with Crippen molar-refractivity contribution in [1.29, 1.82) is 0 Å². The Bertz CT molecular complexity index is 777. The minimum atomic E-state index is -0.0475. The van der Waals surface area contributed by atoms with E-state index in [9.17, 15) is 4.79 Å². The third-order valence-corrected chi connectivity index (χ3v) is 4.90. The van der Waals surface area contributed by atoms with Gasteiger partial charge in [0.1, 0.15) is 4.83 Å². The number of aromatic nitrogens is 2. The van der Waals surface area contributed by atoms with Crippen LogP contribution in [0.25, 0.3) is 21.3 Å². The fourth-order valence-corrected chi connectivity index (χ4v) is 3.75. The summed E-state index contributed by atoms with van der Waals surface area (Å²) < 4.78 is 0. The van der Waals surface area contributed by atoms with E-state index in [0.717, 1.165) is 28.1 Å². The number of hydrogen-bond donors (Lipinski definition) is 1. The van der Waals surface area contributed by atoms with Crippen LogP contribution in [0.4, 0.5) is 0 Å². The van der Waals surface area contributed by atoms with Gasteiger partial charge in [0.15, 0.2) is 5.16 Å². The molecule has 0 aliphatic carbocycles. The van der Waals surface area contributed by atoms with Gasteiger partial charge in [-0.1, -0.05) is 49.0 Å². The number of hydrogen-bond acceptors (Lipinski definition) is 4. The Balaban J connectivity index is 2.12. The van der Waals surface area contributed by atoms with Crippen LogP contribution in [0, 0.1) is 0 Å². The zero-order valence-corrected chi connectivity index (χ0v) is 12.7. The molecule has 2 heterocycles. The Morgan fingerprint density at radius 1 is 1.30 bits per heavy atom. The Kier molecular flexibility index (Phi) is 3.89. The van der Waals surface area contributed by atoms with Gasteiger partial charge in [0.05, 0.1) is 5.39 Å². The van der Waals surface area contributed by atoms with E-state index >= 15 is 0 Å². The van der Waals surface area contributed by atoms with Crippen LogP contribution in [-0.2, 0) is 0 Å². The third-order valence-electron chi connectivity index (χ3n) is 2.95. The van der Waals surface area contributed by atoms with Gasteiger partial charge in [-0.05, 0) is 12.0 Å². The third kappa shape index (κ3) is 2.51. The average Bonchev–Trinajstić information content (AvgIpc) is 2.90. The molecule has 0 spiro atoms. The maximum atomic E-state index is 12.3. The number of fused-ring (bicyclic) bond motifs is 1. The number of aromatic amines is 1. The summed E-state index contributed by atoms with van der Waals surface area (Å²) in [5, 5.41) is 3.42. The molecule has 102 valence electrons. The van der Waals surface area contributed by atoms with Gasteiger partial charge in [0.2, 0.25) is 0 Å². The highest BCUT2D eigenvalue weighted by Crippen LogP contribution is 2.31. The highest BCUT2D eigenvalue weighted by molar-refractivity contribution is 7.99. The minimum absolute atomic E-state index is 0.0475. The second kappa shape index (κ2) is 5.81. The van der Waals surface area contributed by atoms with Crippen LogP contribution in [0.15, 0.2) is 45.7 Å². The Hall–Kier alpha value is -1.59. The maximum absolute atomic E-state index is 12.3. The van der Waals surface area contributed by atoms with Gasteiger partial charge >= 0.3 is 0 Å². The molecule has 3 aromatic rings. The van der Waals surface area contributed by atoms with Gasteiger partial charge in [-0.3, -0.25) is 4.79 Å². The molecule has 0 bridgehead atoms. The van der Waals surface area contributed by atoms with E-state index in [0.29, 0.717) is 10.5 Å². The van der Waals surface area contributed by atoms with Crippen molar-refractivity contribution in [1.82, 2.24) is 9.97 Å². The number of nitrogens with zero attached hydrogens (tertiary/aromatic N) is 1. The average molecular weight is 302 g/mol. The van der Waals surface area contributed by atoms with Crippen LogP contribution in [0.2, 0.25) is 0 Å². The summed E-state index contributed by atoms with van der Waals surface area (Å²) in [5.74, 6) is 0.964. The highest BCUT2D eigenvalue weighted by atomic mass is 32.2. The van der Waals surface area contributed by atoms with E-state index in [2.05, 4.69) is 16.9 Å². The Morgan fingerprint density at radius 2 is 2.10 bits per heavy atom. The van der Waals surface area contributed by atoms with E-state index < -0.39 is 0 Å². The van der Waals surface area contributed by atoms with E-state index in [4.69, 9.17) is 0 Å². The molecule has 0 aliphatic rings. The van der Waals surface area contributed by atoms with Crippen molar-refractivity contribution in [3.63, 3.8) is 0 Å². The molecule has 1 N–H and O–H groups in total. The number of H-pyrrole nitrogens is 1. The lowest BCUT2D eigenvalue weighted by atomic mass is 10.1. The largest absolute Gasteiger partial charge is 0.301 e. The monoisotopic (exact) mass is 302 g/mol. The fourth-order valence-electron chi connectivity index (χ4n) is 2.03. The summed E-state index contributed by atoms with van der Waals surface area (Å²) in [5.41, 5.74) is 1.97. The first kappa shape index (κ1) is 13.4. The summed E-state index contributed by atoms with van der Waals surface area (Å²) >= 11 is 3.12. The minimum Gasteiger partial charge on any atom is -0.301 e. The predicted molar refractivity (Wildman–Crippen MR) is 86.7 cm³/mol. The smallest absolute Gasteiger partial charge is 0.260 e. The van der Waals surface area contributed by atoms with Crippen molar-refractivity contribution in [3.05, 3.63) is 46.1 Å². The molecule has 5 heteroatoms. The summed E-state index contributed by atoms with van der Waals surface area (Å²) in [6.07, 6.45) is 1.06. The van der Waals surface area contributed by atoms with Gasteiger partial charge in [-0.25, -0.2) is 4.98 Å². The summed E-state index contributed by atoms with van der Waals surface area (Å²) in [7, 11) is 0. The van der Waals surface area contributed by atoms with Crippen molar-refractivity contribution in [2.75, 3.05) is 5.75 Å². The van der Waals surface area contributed by atoms with Crippen LogP contribution in [0.1, 0.15) is 13.3 Å². The lowest BCUT2D eigenvalue weighted by Gasteiger charge is -2.01. The lowest BCUT2D eigenvalue weighted by molar-refractivity contribution is 0.974. The molecule has 2 aromatic heterocycles. The predicted octanol–water partition coefficient (Wildman–Crippen LogP) is 4.15. The first-order valence-corrected chi connectivity index (χ1v) is 8.36. The van der Waals surface area contributed by atoms with Gasteiger partial charge in [0.25, 0.3) is 5.56 Å². The first-order chi connectivity index (χ1) is 9.79. The standard InChI is InChI=1S/C15H14N2OS2/c1-2-8-19-15-16-13(18)12-11(9-20-14(12)17-15)10-6-4-3-5-7-10/h3-7,9H,2,8H2,1H3,(H,16,17,18). The van der Waals surface area contributed by atoms with Gasteiger partial charge < -0.3 is 4.98 Å². The van der Waals surface area contributed by atoms with Crippen molar-refractivity contribution in [2.24, 2.45) is 0 Å². The van der Waals surface area contributed by atoms with Gasteiger partial charge in [-0.15, -0.1) is 11.3 Å². The van der Waals surface area contributed by atoms with E-state index in [1.54, 1.807) is 11.8 Å². The summed E-state index contributed by atoms with van der Waals surface area (Å²) in [4.78, 5) is 20.6. The topological polar surface area (TPSA) is 45.8 Å². The van der Waals surface area contributed by atoms with Crippen LogP contribution in [-0.4, -0.2) is 15.7 Å². The quantitative estimate of drug-likeness (QED) is 0.581. The number of benzene rings is 1. The zero-order chi connectivity index (χ0) is 13.9. The molecular weight excluding hydrogens is 288 g/mol. The number of thiophene rings is 1. The molecule has 0 saturated heterocycles. The van der Waals surface area contributed by atoms with Gasteiger partial charge in [0, 0.05) is 16.7 Å². The molecule has 0 saturated carbocycles. The second-order valence-corrected chi connectivity index (χ2v) is 6.36. The molecule has 0 amide bonds. The first-order valence-electron chi connectivity index (χ1n) is 6.49. The normalized spacial score (nSPS) is 11.1. The van der Waals surface area contributed by atoms with Crippen molar-refractivity contribution in [3.8, 4) is 11.1 Å². The van der Waals surface area contributed by atoms with E-state index in [-0.39, 0.29) is 5.56 Å². The number of thioether (sulfide) groups is 1. The molecule has 0 unspecified atom stereocenters. The molecule has 0 fully saturated rings. The number of nitrogens with one attached hydrogen (secondary N) is 1. The van der Waals surface area contributed by atoms with Crippen LogP contribution >= 0.6 is 23.1 Å². The van der Waals surface area contributed by atoms with Crippen molar-refractivity contribution < 1.29 is 0 Å². The second-order valence-electron chi connectivity index (χ2n) is 4.42. The van der Waals surface area contributed by atoms with Gasteiger partial charge in [-0.2, -0.15) is 0 Å². The van der Waals surface area contributed by atoms with Crippen LogP contribution < -0.4 is 5.56 Å². The fraction of sp³-hybridized carbons (Fsp3) is 0.200. The molecule has 0 aliphatic heterocycles. The number of rotatable bonds is 4. The Morgan fingerprint density at radius 3 is 2.85 bits per heavy atom. The summed E-state index contributed by atoms with van der Waals surface area (Å²) in [6, 6.07) is 9.96. The summed E-state index contributed by atoms with van der Waals surface area (Å²) in [6.45, 7) is 2.11. The van der Waals surface area contributed by atoms with Crippen molar-refractivity contribution >= 4 is 33.3 Å². The van der Waals surface area contributed by atoms with Crippen LogP contribution in [0.5, 0.6) is 0 Å².